The van der Waals surface area contributed by atoms with E-state index in [1.54, 1.807) is 0 Å². The minimum atomic E-state index is -3.85. The Morgan fingerprint density at radius 2 is 1.78 bits per heavy atom. The second-order valence-electron chi connectivity index (χ2n) is 7.52. The molecule has 4 aliphatic rings. The number of hydrogen-bond acceptors (Lipinski definition) is 7. The molecule has 3 saturated heterocycles. The molecule has 0 saturated carbocycles. The summed E-state index contributed by atoms with van der Waals surface area (Å²) in [5.74, 6) is 5.77. The number of nitrogens with zero attached hydrogens (tertiary/aromatic N) is 1. The molecule has 0 spiro atoms. The Labute approximate surface area is 160 Å². The van der Waals surface area contributed by atoms with Crippen molar-refractivity contribution in [2.45, 2.75) is 38.2 Å². The molecule has 0 aromatic rings. The van der Waals surface area contributed by atoms with Gasteiger partial charge in [0, 0.05) is 0 Å². The quantitative estimate of drug-likeness (QED) is 0.270. The third-order valence-electron chi connectivity index (χ3n) is 5.99. The van der Waals surface area contributed by atoms with Gasteiger partial charge in [-0.05, 0) is 0 Å². The van der Waals surface area contributed by atoms with Gasteiger partial charge in [-0.3, -0.25) is 0 Å². The van der Waals surface area contributed by atoms with Crippen molar-refractivity contribution in [1.29, 1.82) is 0 Å². The van der Waals surface area contributed by atoms with Gasteiger partial charge in [-0.25, -0.2) is 0 Å². The Morgan fingerprint density at radius 3 is 2.52 bits per heavy atom. The van der Waals surface area contributed by atoms with Crippen LogP contribution in [0.15, 0.2) is 0 Å². The van der Waals surface area contributed by atoms with E-state index in [4.69, 9.17) is 27.2 Å². The predicted octanol–water partition coefficient (Wildman–Crippen LogP) is 0.693. The third kappa shape index (κ3) is 3.44. The summed E-state index contributed by atoms with van der Waals surface area (Å²) in [5, 5.41) is 0. The summed E-state index contributed by atoms with van der Waals surface area (Å²) < 4.78 is 35.6. The molecule has 3 heterocycles. The zero-order chi connectivity index (χ0) is 18.7. The average Bonchev–Trinajstić information content (AvgIpc) is 3.18. The summed E-state index contributed by atoms with van der Waals surface area (Å²) in [6.45, 7) is 4.59. The number of quaternary nitrogens is 1. The van der Waals surface area contributed by atoms with Crippen LogP contribution in [0.25, 0.3) is 0 Å². The summed E-state index contributed by atoms with van der Waals surface area (Å²) in [6.07, 6.45) is 4.98. The monoisotopic (exact) mass is 399 g/mol. The van der Waals surface area contributed by atoms with Crippen molar-refractivity contribution >= 4 is 14.5 Å². The van der Waals surface area contributed by atoms with Gasteiger partial charge in [0.1, 0.15) is 0 Å². The van der Waals surface area contributed by atoms with Crippen LogP contribution in [0.4, 0.5) is 0 Å². The van der Waals surface area contributed by atoms with Gasteiger partial charge >= 0.3 is 160 Å². The van der Waals surface area contributed by atoms with Gasteiger partial charge in [0.2, 0.25) is 0 Å². The fourth-order valence-corrected chi connectivity index (χ4v) is 9.22. The van der Waals surface area contributed by atoms with E-state index < -0.39 is 14.5 Å². The molecule has 9 heteroatoms. The molecule has 1 aliphatic carbocycles. The number of ether oxygens (including phenoxy) is 2. The van der Waals surface area contributed by atoms with Crippen molar-refractivity contribution in [3.63, 3.8) is 0 Å². The summed E-state index contributed by atoms with van der Waals surface area (Å²) >= 11 is 0. The molecule has 8 nitrogen and oxygen atoms in total. The molecule has 152 valence electrons. The number of hydrogen-bond donors (Lipinski definition) is 0. The Morgan fingerprint density at radius 1 is 1.04 bits per heavy atom. The van der Waals surface area contributed by atoms with Crippen LogP contribution in [0.5, 0.6) is 0 Å². The Bertz CT molecular complexity index is 599. The topological polar surface area (TPSA) is 72.5 Å². The molecule has 0 bridgehead atoms. The fraction of sp³-hybridized carbons (Fsp3) is 0.833. The van der Waals surface area contributed by atoms with Gasteiger partial charge in [0.25, 0.3) is 0 Å². The molecular weight excluding hydrogens is 370 g/mol. The first kappa shape index (κ1) is 19.3. The normalized spacial score (nSPS) is 34.8. The van der Waals surface area contributed by atoms with E-state index in [0.29, 0.717) is 24.0 Å². The van der Waals surface area contributed by atoms with E-state index in [1.165, 1.54) is 0 Å². The first-order valence-electron chi connectivity index (χ1n) is 10.0. The van der Waals surface area contributed by atoms with E-state index in [9.17, 15) is 4.79 Å². The molecule has 4 rings (SSSR count). The van der Waals surface area contributed by atoms with E-state index in [-0.39, 0.29) is 25.9 Å². The maximum atomic E-state index is 12.0. The van der Waals surface area contributed by atoms with Crippen molar-refractivity contribution in [2.75, 3.05) is 59.3 Å². The van der Waals surface area contributed by atoms with Crippen LogP contribution in [0, 0.1) is 11.8 Å². The number of rotatable bonds is 7. The molecular formula is C18H29NO7Si. The van der Waals surface area contributed by atoms with Crippen molar-refractivity contribution in [1.82, 2.24) is 0 Å². The fourth-order valence-electron chi connectivity index (χ4n) is 4.54. The van der Waals surface area contributed by atoms with E-state index in [2.05, 4.69) is 11.8 Å². The standard InChI is InChI=1S/C18H29NO7Si/c20-18(16-22-17-6-4-2-1-3-5-7-17)21-14-15-26-27-19(8-11-23-27,9-12-24-27)10-13-25-27/h17H,1-4,6,8-16H2. The molecule has 1 unspecified atom stereocenters. The molecule has 0 amide bonds. The summed E-state index contributed by atoms with van der Waals surface area (Å²) in [5.41, 5.74) is 0. The molecule has 0 aromatic carbocycles. The number of carbonyl (C=O) groups excluding carboxylic acids is 1. The molecule has 3 fully saturated rings. The summed E-state index contributed by atoms with van der Waals surface area (Å²) in [6, 6.07) is 0. The van der Waals surface area contributed by atoms with Crippen molar-refractivity contribution in [3.8, 4) is 11.8 Å². The Balaban J connectivity index is 1.21. The van der Waals surface area contributed by atoms with Gasteiger partial charge in [-0.15, -0.1) is 0 Å². The Hall–Kier alpha value is -0.993. The van der Waals surface area contributed by atoms with Gasteiger partial charge in [0.15, 0.2) is 0 Å². The predicted molar refractivity (Wildman–Crippen MR) is 96.0 cm³/mol. The van der Waals surface area contributed by atoms with Crippen LogP contribution >= 0.6 is 0 Å². The Kier molecular flexibility index (Phi) is 5.58. The van der Waals surface area contributed by atoms with Gasteiger partial charge < -0.3 is 0 Å². The van der Waals surface area contributed by atoms with Crippen LogP contribution in [0.1, 0.15) is 32.1 Å². The second kappa shape index (κ2) is 7.79. The maximum absolute atomic E-state index is 12.0. The molecule has 0 N–H and O–H groups in total. The van der Waals surface area contributed by atoms with E-state index >= 15 is 0 Å². The van der Waals surface area contributed by atoms with Crippen molar-refractivity contribution in [2.24, 2.45) is 0 Å². The molecule has 0 aromatic heterocycles. The minimum absolute atomic E-state index is 0.0890. The first-order chi connectivity index (χ1) is 13.2. The zero-order valence-corrected chi connectivity index (χ0v) is 16.8. The molecule has 27 heavy (non-hydrogen) atoms. The third-order valence-corrected chi connectivity index (χ3v) is 11.0. The van der Waals surface area contributed by atoms with Crippen LogP contribution in [-0.4, -0.2) is 84.0 Å². The summed E-state index contributed by atoms with van der Waals surface area (Å²) in [4.78, 5) is 12.0. The van der Waals surface area contributed by atoms with Gasteiger partial charge in [0.05, 0.1) is 0 Å². The van der Waals surface area contributed by atoms with Crippen molar-refractivity contribution < 1.29 is 36.1 Å². The van der Waals surface area contributed by atoms with E-state index in [1.807, 2.05) is 0 Å². The second-order valence-corrected chi connectivity index (χ2v) is 11.3. The van der Waals surface area contributed by atoms with Crippen molar-refractivity contribution in [3.05, 3.63) is 0 Å². The van der Waals surface area contributed by atoms with Crippen LogP contribution in [0.2, 0.25) is 0 Å². The SMILES string of the molecule is O=C(COC1C#CCCCCC1)OCCO[Si-]123OCC[N+]1(CCO2)CCO3. The van der Waals surface area contributed by atoms with Crippen LogP contribution < -0.4 is 0 Å². The number of carbonyl (C=O) groups is 1. The van der Waals surface area contributed by atoms with Gasteiger partial charge in [-0.2, -0.15) is 0 Å². The van der Waals surface area contributed by atoms with Gasteiger partial charge in [-0.1, -0.05) is 0 Å². The number of esters is 1. The van der Waals surface area contributed by atoms with Crippen LogP contribution in [0.3, 0.4) is 0 Å². The average molecular weight is 400 g/mol. The zero-order valence-electron chi connectivity index (χ0n) is 15.8. The summed E-state index contributed by atoms with van der Waals surface area (Å²) in [7, 11) is -3.85. The first-order valence-corrected chi connectivity index (χ1v) is 12.1. The van der Waals surface area contributed by atoms with Crippen LogP contribution in [-0.2, 0) is 32.0 Å². The molecule has 1 atom stereocenters. The van der Waals surface area contributed by atoms with E-state index in [0.717, 1.165) is 51.7 Å². The molecule has 3 aliphatic heterocycles. The molecule has 0 radical (unpaired) electrons.